The smallest absolute Gasteiger partial charge is 0.182 e. The number of ketones is 1. The van der Waals surface area contributed by atoms with Crippen LogP contribution in [0.25, 0.3) is 0 Å². The minimum atomic E-state index is -1.73. The molecule has 0 aromatic carbocycles. The number of hydrogen-bond donors (Lipinski definition) is 11. The predicted octanol–water partition coefficient (Wildman–Crippen LogP) is 3.20. The standard InChI is InChI=1S/C48H79N3O10/c1-5-7-29-9-12-31-28(3)43(61-37(31)13-10-29)44(58)45(4,59)38-17-20-48(60)40-32(16-19-47(38,48)21-23-53)46(18-15-30-11-14-39(49)51-34(30)8-6-22-52)25-36(56)35(55)24-33(46)42(57)41(40)50-26-27(2)54/h11,14,27-29,31-33,35-39,43-44,50-56,58-60H,5-10,12-13,15-26,49H2,1-4H3/t27-,28-,29-,31-,32-,33-,35+,36-,37+,38+,39?,43+,44+,45+,46+,47-,48+/m0/s1. The number of fused-ring (bicyclic) bond motifs is 6. The van der Waals surface area contributed by atoms with Crippen molar-refractivity contribution < 1.29 is 50.4 Å². The van der Waals surface area contributed by atoms with E-state index in [2.05, 4.69) is 24.5 Å². The molecule has 2 heterocycles. The third-order valence-corrected chi connectivity index (χ3v) is 17.6. The molecule has 1 unspecified atom stereocenters. The quantitative estimate of drug-likeness (QED) is 0.107. The largest absolute Gasteiger partial charge is 0.396 e. The second-order valence-corrected chi connectivity index (χ2v) is 20.9. The summed E-state index contributed by atoms with van der Waals surface area (Å²) in [6.07, 6.45) is 8.99. The van der Waals surface area contributed by atoms with Crippen LogP contribution in [0.4, 0.5) is 0 Å². The van der Waals surface area contributed by atoms with Crippen LogP contribution in [-0.2, 0) is 9.53 Å². The van der Waals surface area contributed by atoms with Crippen LogP contribution < -0.4 is 16.4 Å². The molecule has 13 heteroatoms. The molecule has 4 saturated carbocycles. The van der Waals surface area contributed by atoms with Crippen LogP contribution in [0.5, 0.6) is 0 Å². The topological polar surface area (TPSA) is 238 Å². The molecule has 7 rings (SSSR count). The van der Waals surface area contributed by atoms with Crippen molar-refractivity contribution >= 4 is 5.78 Å². The minimum absolute atomic E-state index is 0.0145. The van der Waals surface area contributed by atoms with Gasteiger partial charge in [-0.2, -0.15) is 0 Å². The molecule has 0 radical (unpaired) electrons. The van der Waals surface area contributed by atoms with Crippen molar-refractivity contribution in [1.29, 1.82) is 0 Å². The van der Waals surface area contributed by atoms with E-state index in [1.54, 1.807) is 13.8 Å². The average Bonchev–Trinajstić information content (AvgIpc) is 3.62. The van der Waals surface area contributed by atoms with Gasteiger partial charge in [-0.3, -0.25) is 4.79 Å². The van der Waals surface area contributed by atoms with Crippen molar-refractivity contribution in [3.05, 3.63) is 34.7 Å². The number of aliphatic hydroxyl groups excluding tert-OH is 6. The van der Waals surface area contributed by atoms with Gasteiger partial charge in [-0.15, -0.1) is 0 Å². The number of nitrogens with two attached hydrogens (primary N) is 1. The van der Waals surface area contributed by atoms with Crippen LogP contribution in [0.1, 0.15) is 137 Å². The van der Waals surface area contributed by atoms with Gasteiger partial charge in [0.15, 0.2) is 5.78 Å². The maximum absolute atomic E-state index is 15.2. The fourth-order valence-electron chi connectivity index (χ4n) is 14.6. The van der Waals surface area contributed by atoms with Crippen LogP contribution in [0.2, 0.25) is 0 Å². The normalized spacial score (nSPS) is 43.1. The van der Waals surface area contributed by atoms with E-state index in [-0.39, 0.29) is 81.0 Å². The fourth-order valence-corrected chi connectivity index (χ4v) is 14.6. The molecule has 0 bridgehead atoms. The molecule has 0 aromatic rings. The highest BCUT2D eigenvalue weighted by Crippen LogP contribution is 2.71. The van der Waals surface area contributed by atoms with Gasteiger partial charge in [0.05, 0.1) is 53.6 Å². The first-order chi connectivity index (χ1) is 29.0. The first-order valence-electron chi connectivity index (χ1n) is 24.0. The molecule has 12 N–H and O–H groups in total. The van der Waals surface area contributed by atoms with Crippen molar-refractivity contribution in [2.24, 2.45) is 52.1 Å². The molecule has 13 nitrogen and oxygen atoms in total. The number of aliphatic hydroxyl groups is 8. The van der Waals surface area contributed by atoms with Crippen molar-refractivity contribution in [2.75, 3.05) is 19.8 Å². The number of carbonyl (C=O) groups excluding carboxylic acids is 1. The van der Waals surface area contributed by atoms with Crippen LogP contribution in [0, 0.1) is 46.3 Å². The molecule has 346 valence electrons. The Labute approximate surface area is 363 Å². The molecule has 0 amide bonds. The third-order valence-electron chi connectivity index (χ3n) is 17.6. The number of dihydropyridines is 1. The summed E-state index contributed by atoms with van der Waals surface area (Å²) >= 11 is 0. The zero-order valence-corrected chi connectivity index (χ0v) is 37.3. The lowest BCUT2D eigenvalue weighted by molar-refractivity contribution is -0.207. The van der Waals surface area contributed by atoms with Crippen LogP contribution >= 0.6 is 0 Å². The van der Waals surface area contributed by atoms with E-state index < -0.39 is 70.3 Å². The van der Waals surface area contributed by atoms with Crippen LogP contribution in [0.3, 0.4) is 0 Å². The summed E-state index contributed by atoms with van der Waals surface area (Å²) in [4.78, 5) is 15.2. The fraction of sp³-hybridized carbons (Fsp3) is 0.854. The SMILES string of the molecule is CCC[C@H]1CC[C@H]2[C@H](C)[C@H]([C@@H](O)[C@](C)(O)[C@H]3CC[C@@]4(O)C5=C(NC[C@H](C)O)C(=O)[C@@H]6C[C@@H](O)[C@@H](O)C[C@]6(CCC6=C(CCCO)NC(N)C=C6)[C@H]5CC[C@]34CCO)O[C@@H]2CC1. The van der Waals surface area contributed by atoms with E-state index in [0.717, 1.165) is 43.4 Å². The Morgan fingerprint density at radius 3 is 2.48 bits per heavy atom. The van der Waals surface area contributed by atoms with Gasteiger partial charge in [-0.1, -0.05) is 39.2 Å². The molecule has 17 atom stereocenters. The Morgan fingerprint density at radius 2 is 1.77 bits per heavy atom. The number of nitrogens with one attached hydrogen (secondary N) is 2. The van der Waals surface area contributed by atoms with Gasteiger partial charge < -0.3 is 62.0 Å². The van der Waals surface area contributed by atoms with Crippen molar-refractivity contribution in [1.82, 2.24) is 10.6 Å². The van der Waals surface area contributed by atoms with Gasteiger partial charge in [-0.25, -0.2) is 0 Å². The number of allylic oxidation sites excluding steroid dienone is 4. The van der Waals surface area contributed by atoms with E-state index in [0.29, 0.717) is 56.4 Å². The Kier molecular flexibility index (Phi) is 14.3. The average molecular weight is 858 g/mol. The van der Waals surface area contributed by atoms with Crippen LogP contribution in [0.15, 0.2) is 34.7 Å². The second kappa shape index (κ2) is 18.5. The molecule has 0 aromatic heterocycles. The van der Waals surface area contributed by atoms with Gasteiger partial charge in [0.2, 0.25) is 0 Å². The molecular formula is C48H79N3O10. The van der Waals surface area contributed by atoms with Crippen LogP contribution in [-0.4, -0.2) is 120 Å². The zero-order valence-electron chi connectivity index (χ0n) is 37.3. The summed E-state index contributed by atoms with van der Waals surface area (Å²) in [6, 6.07) is 0. The Balaban J connectivity index is 1.27. The summed E-state index contributed by atoms with van der Waals surface area (Å²) in [5, 5.41) is 99.4. The molecule has 0 spiro atoms. The summed E-state index contributed by atoms with van der Waals surface area (Å²) in [5.74, 6) is -1.08. The molecule has 61 heavy (non-hydrogen) atoms. The molecule has 2 aliphatic heterocycles. The predicted molar refractivity (Wildman–Crippen MR) is 231 cm³/mol. The molecule has 1 saturated heterocycles. The zero-order chi connectivity index (χ0) is 44.1. The Bertz CT molecular complexity index is 1670. The highest BCUT2D eigenvalue weighted by atomic mass is 16.5. The van der Waals surface area contributed by atoms with Gasteiger partial charge >= 0.3 is 0 Å². The summed E-state index contributed by atoms with van der Waals surface area (Å²) in [5.41, 5.74) is 3.46. The van der Waals surface area contributed by atoms with Crippen molar-refractivity contribution in [3.8, 4) is 0 Å². The number of rotatable bonds is 16. The molecular weight excluding hydrogens is 779 g/mol. The molecule has 7 aliphatic rings. The monoisotopic (exact) mass is 858 g/mol. The first kappa shape index (κ1) is 47.1. The molecule has 5 fully saturated rings. The Hall–Kier alpha value is -1.91. The van der Waals surface area contributed by atoms with E-state index in [1.807, 2.05) is 12.2 Å². The Morgan fingerprint density at radius 1 is 1.02 bits per heavy atom. The van der Waals surface area contributed by atoms with Gasteiger partial charge in [0, 0.05) is 36.8 Å². The first-order valence-corrected chi connectivity index (χ1v) is 24.0. The minimum Gasteiger partial charge on any atom is -0.396 e. The number of hydrogen-bond acceptors (Lipinski definition) is 13. The third kappa shape index (κ3) is 8.22. The number of Topliss-reactive ketones (excluding diaryl/α,β-unsaturated/α-hetero) is 1. The lowest BCUT2D eigenvalue weighted by Gasteiger charge is -2.63. The van der Waals surface area contributed by atoms with Gasteiger partial charge in [0.1, 0.15) is 6.10 Å². The lowest BCUT2D eigenvalue weighted by Crippen LogP contribution is -2.66. The summed E-state index contributed by atoms with van der Waals surface area (Å²) < 4.78 is 6.73. The van der Waals surface area contributed by atoms with E-state index in [9.17, 15) is 40.9 Å². The number of carbonyl (C=O) groups is 1. The summed E-state index contributed by atoms with van der Waals surface area (Å²) in [7, 11) is 0. The summed E-state index contributed by atoms with van der Waals surface area (Å²) in [6.45, 7) is 7.44. The van der Waals surface area contributed by atoms with Crippen molar-refractivity contribution in [3.63, 3.8) is 0 Å². The molecule has 5 aliphatic carbocycles. The lowest BCUT2D eigenvalue weighted by atomic mass is 9.43. The maximum atomic E-state index is 15.2. The highest BCUT2D eigenvalue weighted by molar-refractivity contribution is 6.00. The van der Waals surface area contributed by atoms with Crippen molar-refractivity contribution in [2.45, 2.75) is 191 Å². The van der Waals surface area contributed by atoms with Gasteiger partial charge in [-0.05, 0) is 156 Å². The van der Waals surface area contributed by atoms with Gasteiger partial charge in [0.25, 0.3) is 0 Å². The van der Waals surface area contributed by atoms with E-state index in [1.165, 1.54) is 6.42 Å². The second-order valence-electron chi connectivity index (χ2n) is 20.9. The number of ether oxygens (including phenoxy) is 1. The highest BCUT2D eigenvalue weighted by Gasteiger charge is 2.73. The van der Waals surface area contributed by atoms with E-state index >= 15 is 4.79 Å². The maximum Gasteiger partial charge on any atom is 0.182 e. The van der Waals surface area contributed by atoms with E-state index in [4.69, 9.17) is 10.5 Å².